The summed E-state index contributed by atoms with van der Waals surface area (Å²) in [6, 6.07) is 7.71. The molecule has 0 amide bonds. The number of nitrogens with one attached hydrogen (secondary N) is 2. The summed E-state index contributed by atoms with van der Waals surface area (Å²) in [5.41, 5.74) is 1.03. The number of methoxy groups -OCH3 is 2. The lowest BCUT2D eigenvalue weighted by Crippen LogP contribution is -2.41. The van der Waals surface area contributed by atoms with Crippen molar-refractivity contribution < 1.29 is 9.47 Å². The third-order valence-electron chi connectivity index (χ3n) is 3.94. The molecule has 6 nitrogen and oxygen atoms in total. The molecule has 2 N–H and O–H groups in total. The number of hydrogen-bond acceptors (Lipinski definition) is 4. The molecule has 0 saturated carbocycles. The monoisotopic (exact) mass is 384 g/mol. The Labute approximate surface area is 162 Å². The third kappa shape index (κ3) is 9.38. The van der Waals surface area contributed by atoms with E-state index in [9.17, 15) is 0 Å². The molecule has 1 rings (SSSR count). The highest BCUT2D eigenvalue weighted by atomic mass is 35.5. The molecule has 0 saturated heterocycles. The SMILES string of the molecule is CCNC(=NCC(OC)c1cccc(Cl)c1)NCCN(C)CCCOC. The number of aliphatic imine (C=N–C) groups is 1. The summed E-state index contributed by atoms with van der Waals surface area (Å²) in [5.74, 6) is 0.793. The van der Waals surface area contributed by atoms with E-state index in [-0.39, 0.29) is 6.10 Å². The second kappa shape index (κ2) is 13.8. The van der Waals surface area contributed by atoms with Crippen molar-refractivity contribution in [2.75, 3.05) is 60.6 Å². The fourth-order valence-corrected chi connectivity index (χ4v) is 2.69. The van der Waals surface area contributed by atoms with Gasteiger partial charge in [-0.1, -0.05) is 23.7 Å². The van der Waals surface area contributed by atoms with Gasteiger partial charge in [-0.2, -0.15) is 0 Å². The van der Waals surface area contributed by atoms with Gasteiger partial charge in [-0.15, -0.1) is 0 Å². The van der Waals surface area contributed by atoms with Gasteiger partial charge in [-0.05, 0) is 38.1 Å². The van der Waals surface area contributed by atoms with E-state index in [1.807, 2.05) is 24.3 Å². The van der Waals surface area contributed by atoms with Crippen LogP contribution in [0.15, 0.2) is 29.3 Å². The van der Waals surface area contributed by atoms with Gasteiger partial charge in [0.25, 0.3) is 0 Å². The summed E-state index contributed by atoms with van der Waals surface area (Å²) >= 11 is 6.07. The quantitative estimate of drug-likeness (QED) is 0.329. The van der Waals surface area contributed by atoms with Crippen LogP contribution in [0.3, 0.4) is 0 Å². The summed E-state index contributed by atoms with van der Waals surface area (Å²) in [6.07, 6.45) is 0.914. The van der Waals surface area contributed by atoms with E-state index in [2.05, 4.69) is 34.5 Å². The number of ether oxygens (including phenoxy) is 2. The van der Waals surface area contributed by atoms with Crippen molar-refractivity contribution in [3.05, 3.63) is 34.9 Å². The maximum atomic E-state index is 6.07. The smallest absolute Gasteiger partial charge is 0.191 e. The molecule has 0 aliphatic carbocycles. The van der Waals surface area contributed by atoms with Gasteiger partial charge in [-0.25, -0.2) is 0 Å². The van der Waals surface area contributed by atoms with Crippen molar-refractivity contribution in [2.24, 2.45) is 4.99 Å². The molecule has 0 heterocycles. The number of guanidine groups is 1. The van der Waals surface area contributed by atoms with E-state index in [1.54, 1.807) is 14.2 Å². The molecule has 1 atom stereocenters. The van der Waals surface area contributed by atoms with Gasteiger partial charge in [0.05, 0.1) is 6.54 Å². The Bertz CT molecular complexity index is 528. The highest BCUT2D eigenvalue weighted by Gasteiger charge is 2.11. The fourth-order valence-electron chi connectivity index (χ4n) is 2.49. The second-order valence-corrected chi connectivity index (χ2v) is 6.51. The molecular formula is C19H33ClN4O2. The molecule has 1 aromatic rings. The van der Waals surface area contributed by atoms with Crippen LogP contribution in [0.25, 0.3) is 0 Å². The lowest BCUT2D eigenvalue weighted by atomic mass is 10.1. The molecule has 1 aromatic carbocycles. The molecule has 148 valence electrons. The molecule has 7 heteroatoms. The zero-order valence-electron chi connectivity index (χ0n) is 16.4. The molecule has 0 bridgehead atoms. The Kier molecular flexibility index (Phi) is 12.1. The topological polar surface area (TPSA) is 58.1 Å². The van der Waals surface area contributed by atoms with Gasteiger partial charge in [-0.3, -0.25) is 4.99 Å². The fraction of sp³-hybridized carbons (Fsp3) is 0.632. The van der Waals surface area contributed by atoms with Crippen molar-refractivity contribution >= 4 is 17.6 Å². The van der Waals surface area contributed by atoms with Gasteiger partial charge in [0.15, 0.2) is 5.96 Å². The molecule has 0 aliphatic heterocycles. The largest absolute Gasteiger partial charge is 0.385 e. The Morgan fingerprint density at radius 2 is 2.08 bits per heavy atom. The van der Waals surface area contributed by atoms with Gasteiger partial charge in [0.2, 0.25) is 0 Å². The first kappa shape index (κ1) is 22.7. The highest BCUT2D eigenvalue weighted by Crippen LogP contribution is 2.20. The molecule has 0 fully saturated rings. The van der Waals surface area contributed by atoms with Crippen molar-refractivity contribution in [1.29, 1.82) is 0 Å². The van der Waals surface area contributed by atoms with E-state index in [4.69, 9.17) is 21.1 Å². The van der Waals surface area contributed by atoms with Crippen LogP contribution in [-0.2, 0) is 9.47 Å². The van der Waals surface area contributed by atoms with E-state index >= 15 is 0 Å². The van der Waals surface area contributed by atoms with Crippen LogP contribution in [0.5, 0.6) is 0 Å². The normalized spacial score (nSPS) is 13.1. The minimum atomic E-state index is -0.124. The van der Waals surface area contributed by atoms with Crippen molar-refractivity contribution in [1.82, 2.24) is 15.5 Å². The van der Waals surface area contributed by atoms with Crippen LogP contribution >= 0.6 is 11.6 Å². The van der Waals surface area contributed by atoms with E-state index < -0.39 is 0 Å². The first-order valence-corrected chi connectivity index (χ1v) is 9.46. The van der Waals surface area contributed by atoms with Gasteiger partial charge < -0.3 is 25.0 Å². The summed E-state index contributed by atoms with van der Waals surface area (Å²) in [5, 5.41) is 7.34. The molecule has 26 heavy (non-hydrogen) atoms. The first-order chi connectivity index (χ1) is 12.6. The highest BCUT2D eigenvalue weighted by molar-refractivity contribution is 6.30. The summed E-state index contributed by atoms with van der Waals surface area (Å²) in [4.78, 5) is 6.93. The Balaban J connectivity index is 2.51. The average molecular weight is 385 g/mol. The minimum Gasteiger partial charge on any atom is -0.385 e. The average Bonchev–Trinajstić information content (AvgIpc) is 2.62. The van der Waals surface area contributed by atoms with Crippen LogP contribution in [0, 0.1) is 0 Å². The summed E-state index contributed by atoms with van der Waals surface area (Å²) < 4.78 is 10.7. The summed E-state index contributed by atoms with van der Waals surface area (Å²) in [6.45, 7) is 6.97. The number of halogens is 1. The number of benzene rings is 1. The first-order valence-electron chi connectivity index (χ1n) is 9.08. The van der Waals surface area contributed by atoms with E-state index in [0.717, 1.165) is 50.7 Å². The number of likely N-dealkylation sites (N-methyl/N-ethyl adjacent to an activating group) is 1. The van der Waals surface area contributed by atoms with Gasteiger partial charge in [0, 0.05) is 52.0 Å². The Hall–Kier alpha value is -1.34. The van der Waals surface area contributed by atoms with E-state index in [1.165, 1.54) is 0 Å². The minimum absolute atomic E-state index is 0.124. The zero-order chi connectivity index (χ0) is 19.2. The Morgan fingerprint density at radius 1 is 1.27 bits per heavy atom. The standard InChI is InChI=1S/C19H33ClN4O2/c1-5-21-19(22-10-12-24(2)11-7-13-25-3)23-15-18(26-4)16-8-6-9-17(20)14-16/h6,8-9,14,18H,5,7,10-13,15H2,1-4H3,(H2,21,22,23). The van der Waals surface area contributed by atoms with Crippen molar-refractivity contribution in [3.63, 3.8) is 0 Å². The van der Waals surface area contributed by atoms with Crippen molar-refractivity contribution in [2.45, 2.75) is 19.4 Å². The lowest BCUT2D eigenvalue weighted by molar-refractivity contribution is 0.111. The molecule has 0 radical (unpaired) electrons. The summed E-state index contributed by atoms with van der Waals surface area (Å²) in [7, 11) is 5.54. The Morgan fingerprint density at radius 3 is 2.73 bits per heavy atom. The maximum absolute atomic E-state index is 6.07. The third-order valence-corrected chi connectivity index (χ3v) is 4.17. The van der Waals surface area contributed by atoms with E-state index in [0.29, 0.717) is 11.6 Å². The number of rotatable bonds is 12. The molecule has 0 spiro atoms. The van der Waals surface area contributed by atoms with Crippen molar-refractivity contribution in [3.8, 4) is 0 Å². The molecule has 1 unspecified atom stereocenters. The molecule has 0 aromatic heterocycles. The molecular weight excluding hydrogens is 352 g/mol. The number of nitrogens with zero attached hydrogens (tertiary/aromatic N) is 2. The van der Waals surface area contributed by atoms with Crippen LogP contribution in [0.1, 0.15) is 25.0 Å². The van der Waals surface area contributed by atoms with Crippen LogP contribution in [0.4, 0.5) is 0 Å². The molecule has 0 aliphatic rings. The van der Waals surface area contributed by atoms with Crippen LogP contribution in [0.2, 0.25) is 5.02 Å². The second-order valence-electron chi connectivity index (χ2n) is 6.08. The van der Waals surface area contributed by atoms with Gasteiger partial charge >= 0.3 is 0 Å². The lowest BCUT2D eigenvalue weighted by Gasteiger charge is -2.19. The maximum Gasteiger partial charge on any atom is 0.191 e. The predicted molar refractivity (Wildman–Crippen MR) is 109 cm³/mol. The van der Waals surface area contributed by atoms with Crippen LogP contribution in [-0.4, -0.2) is 71.5 Å². The number of hydrogen-bond donors (Lipinski definition) is 2. The van der Waals surface area contributed by atoms with Crippen LogP contribution < -0.4 is 10.6 Å². The zero-order valence-corrected chi connectivity index (χ0v) is 17.2. The van der Waals surface area contributed by atoms with Gasteiger partial charge in [0.1, 0.15) is 6.10 Å². The predicted octanol–water partition coefficient (Wildman–Crippen LogP) is 2.55.